The third-order valence-electron chi connectivity index (χ3n) is 4.52. The van der Waals surface area contributed by atoms with Gasteiger partial charge < -0.3 is 11.1 Å². The quantitative estimate of drug-likeness (QED) is 0.812. The molecule has 1 fully saturated rings. The van der Waals surface area contributed by atoms with Crippen LogP contribution in [-0.4, -0.2) is 18.0 Å². The summed E-state index contributed by atoms with van der Waals surface area (Å²) in [6.45, 7) is 4.73. The first-order valence-corrected chi connectivity index (χ1v) is 7.65. The minimum absolute atomic E-state index is 0. The molecule has 0 heterocycles. The monoisotopic (exact) mass is 310 g/mol. The van der Waals surface area contributed by atoms with Crippen molar-refractivity contribution >= 4 is 18.3 Å². The molecule has 3 N–H and O–H groups in total. The Morgan fingerprint density at radius 2 is 2.00 bits per heavy atom. The number of hydrogen-bond acceptors (Lipinski definition) is 2. The summed E-state index contributed by atoms with van der Waals surface area (Å²) >= 11 is 0. The zero-order chi connectivity index (χ0) is 14.6. The Kier molecular flexibility index (Phi) is 6.69. The molecule has 3 nitrogen and oxygen atoms in total. The highest BCUT2D eigenvalue weighted by atomic mass is 35.5. The van der Waals surface area contributed by atoms with Gasteiger partial charge in [-0.05, 0) is 43.6 Å². The van der Waals surface area contributed by atoms with E-state index in [2.05, 4.69) is 31.3 Å². The van der Waals surface area contributed by atoms with Gasteiger partial charge in [0.2, 0.25) is 5.91 Å². The van der Waals surface area contributed by atoms with Crippen molar-refractivity contribution < 1.29 is 4.79 Å². The van der Waals surface area contributed by atoms with Crippen molar-refractivity contribution in [2.24, 2.45) is 11.7 Å². The summed E-state index contributed by atoms with van der Waals surface area (Å²) in [4.78, 5) is 12.3. The summed E-state index contributed by atoms with van der Waals surface area (Å²) in [5.74, 6) is 0.978. The molecule has 0 aromatic heterocycles. The minimum Gasteiger partial charge on any atom is -0.349 e. The van der Waals surface area contributed by atoms with Gasteiger partial charge in [0.05, 0.1) is 5.54 Å². The van der Waals surface area contributed by atoms with Crippen LogP contribution in [0.4, 0.5) is 0 Å². The summed E-state index contributed by atoms with van der Waals surface area (Å²) in [6, 6.07) is 10.3. The number of nitrogens with two attached hydrogens (primary N) is 1. The fourth-order valence-corrected chi connectivity index (χ4v) is 2.86. The molecule has 0 radical (unpaired) electrons. The highest BCUT2D eigenvalue weighted by Gasteiger charge is 2.41. The van der Waals surface area contributed by atoms with E-state index < -0.39 is 0 Å². The molecule has 1 saturated carbocycles. The van der Waals surface area contributed by atoms with E-state index in [-0.39, 0.29) is 29.8 Å². The lowest BCUT2D eigenvalue weighted by molar-refractivity contribution is -0.123. The molecule has 0 spiro atoms. The molecule has 0 bridgehead atoms. The largest absolute Gasteiger partial charge is 0.349 e. The predicted molar refractivity (Wildman–Crippen MR) is 89.7 cm³/mol. The smallest absolute Gasteiger partial charge is 0.221 e. The van der Waals surface area contributed by atoms with Gasteiger partial charge in [-0.25, -0.2) is 0 Å². The first-order chi connectivity index (χ1) is 9.59. The average Bonchev–Trinajstić information content (AvgIpc) is 3.30. The van der Waals surface area contributed by atoms with Crippen molar-refractivity contribution in [1.29, 1.82) is 0 Å². The van der Waals surface area contributed by atoms with Crippen molar-refractivity contribution in [2.75, 3.05) is 6.54 Å². The lowest BCUT2D eigenvalue weighted by Crippen LogP contribution is -2.53. The van der Waals surface area contributed by atoms with E-state index in [1.165, 1.54) is 18.4 Å². The Labute approximate surface area is 134 Å². The van der Waals surface area contributed by atoms with Gasteiger partial charge in [-0.2, -0.15) is 0 Å². The zero-order valence-electron chi connectivity index (χ0n) is 13.0. The minimum atomic E-state index is -0.216. The van der Waals surface area contributed by atoms with Crippen molar-refractivity contribution in [3.05, 3.63) is 35.9 Å². The average molecular weight is 311 g/mol. The van der Waals surface area contributed by atoms with Crippen LogP contribution in [0.5, 0.6) is 0 Å². The molecule has 1 amide bonds. The molecule has 2 unspecified atom stereocenters. The highest BCUT2D eigenvalue weighted by molar-refractivity contribution is 5.85. The van der Waals surface area contributed by atoms with Crippen LogP contribution in [0.3, 0.4) is 0 Å². The molecular weight excluding hydrogens is 284 g/mol. The Morgan fingerprint density at radius 3 is 2.48 bits per heavy atom. The third kappa shape index (κ3) is 4.72. The molecule has 0 saturated heterocycles. The number of carbonyl (C=O) groups excluding carboxylic acids is 1. The molecule has 0 aliphatic heterocycles. The van der Waals surface area contributed by atoms with Crippen LogP contribution in [-0.2, 0) is 4.79 Å². The van der Waals surface area contributed by atoms with E-state index in [0.29, 0.717) is 18.9 Å². The second-order valence-electron chi connectivity index (χ2n) is 6.16. The molecular formula is C17H27ClN2O. The Bertz CT molecular complexity index is 447. The van der Waals surface area contributed by atoms with Crippen LogP contribution < -0.4 is 11.1 Å². The fourth-order valence-electron chi connectivity index (χ4n) is 2.86. The molecule has 2 atom stereocenters. The van der Waals surface area contributed by atoms with Crippen LogP contribution in [0.2, 0.25) is 0 Å². The summed E-state index contributed by atoms with van der Waals surface area (Å²) in [5.41, 5.74) is 6.88. The highest BCUT2D eigenvalue weighted by Crippen LogP contribution is 2.39. The maximum atomic E-state index is 12.3. The first-order valence-electron chi connectivity index (χ1n) is 7.65. The standard InChI is InChI=1S/C17H26N2O.ClH/c1-3-13(14-7-5-4-6-8-14)11-16(20)19-17(2,12-18)15-9-10-15;/h4-8,13,15H,3,9-12,18H2,1-2H3,(H,19,20);1H. The maximum Gasteiger partial charge on any atom is 0.221 e. The summed E-state index contributed by atoms with van der Waals surface area (Å²) in [6.07, 6.45) is 3.89. The number of benzene rings is 1. The van der Waals surface area contributed by atoms with Gasteiger partial charge in [-0.3, -0.25) is 4.79 Å². The fraction of sp³-hybridized carbons (Fsp3) is 0.588. The second-order valence-corrected chi connectivity index (χ2v) is 6.16. The SMILES string of the molecule is CCC(CC(=O)NC(C)(CN)C1CC1)c1ccccc1.Cl. The summed E-state index contributed by atoms with van der Waals surface area (Å²) < 4.78 is 0. The molecule has 21 heavy (non-hydrogen) atoms. The molecule has 1 aromatic carbocycles. The zero-order valence-corrected chi connectivity index (χ0v) is 13.8. The lowest BCUT2D eigenvalue weighted by atomic mass is 9.91. The van der Waals surface area contributed by atoms with Gasteiger partial charge in [-0.1, -0.05) is 37.3 Å². The number of halogens is 1. The van der Waals surface area contributed by atoms with Crippen LogP contribution in [0.25, 0.3) is 0 Å². The number of amides is 1. The van der Waals surface area contributed by atoms with E-state index in [4.69, 9.17) is 5.73 Å². The topological polar surface area (TPSA) is 55.1 Å². The van der Waals surface area contributed by atoms with Crippen LogP contribution in [0, 0.1) is 5.92 Å². The van der Waals surface area contributed by atoms with E-state index in [9.17, 15) is 4.79 Å². The normalized spacial score (nSPS) is 18.2. The van der Waals surface area contributed by atoms with Gasteiger partial charge in [0, 0.05) is 13.0 Å². The second kappa shape index (κ2) is 7.81. The van der Waals surface area contributed by atoms with E-state index in [1.807, 2.05) is 18.2 Å². The van der Waals surface area contributed by atoms with Crippen LogP contribution in [0.15, 0.2) is 30.3 Å². The van der Waals surface area contributed by atoms with Crippen molar-refractivity contribution in [2.45, 2.75) is 51.0 Å². The Balaban J connectivity index is 0.00000220. The molecule has 1 aliphatic carbocycles. The maximum absolute atomic E-state index is 12.3. The van der Waals surface area contributed by atoms with Gasteiger partial charge >= 0.3 is 0 Å². The number of carbonyl (C=O) groups is 1. The van der Waals surface area contributed by atoms with Crippen molar-refractivity contribution in [1.82, 2.24) is 5.32 Å². The van der Waals surface area contributed by atoms with E-state index >= 15 is 0 Å². The van der Waals surface area contributed by atoms with Gasteiger partial charge in [0.1, 0.15) is 0 Å². The van der Waals surface area contributed by atoms with Crippen LogP contribution >= 0.6 is 12.4 Å². The summed E-state index contributed by atoms with van der Waals surface area (Å²) in [7, 11) is 0. The lowest BCUT2D eigenvalue weighted by Gasteiger charge is -2.30. The Morgan fingerprint density at radius 1 is 1.38 bits per heavy atom. The van der Waals surface area contributed by atoms with E-state index in [1.54, 1.807) is 0 Å². The molecule has 2 rings (SSSR count). The molecule has 118 valence electrons. The van der Waals surface area contributed by atoms with Crippen LogP contribution in [0.1, 0.15) is 51.0 Å². The Hall–Kier alpha value is -1.06. The molecule has 4 heteroatoms. The number of hydrogen-bond donors (Lipinski definition) is 2. The predicted octanol–water partition coefficient (Wildman–Crippen LogP) is 3.24. The summed E-state index contributed by atoms with van der Waals surface area (Å²) in [5, 5.41) is 3.18. The third-order valence-corrected chi connectivity index (χ3v) is 4.52. The van der Waals surface area contributed by atoms with Crippen molar-refractivity contribution in [3.63, 3.8) is 0 Å². The van der Waals surface area contributed by atoms with Crippen molar-refractivity contribution in [3.8, 4) is 0 Å². The van der Waals surface area contributed by atoms with Gasteiger partial charge in [0.25, 0.3) is 0 Å². The van der Waals surface area contributed by atoms with Gasteiger partial charge in [0.15, 0.2) is 0 Å². The molecule has 1 aromatic rings. The van der Waals surface area contributed by atoms with E-state index in [0.717, 1.165) is 6.42 Å². The number of rotatable bonds is 7. The number of nitrogens with one attached hydrogen (secondary N) is 1. The molecule has 1 aliphatic rings. The van der Waals surface area contributed by atoms with Gasteiger partial charge in [-0.15, -0.1) is 12.4 Å². The first kappa shape index (κ1) is 18.0.